The molecule has 10 rings (SSSR count). The van der Waals surface area contributed by atoms with Gasteiger partial charge in [-0.2, -0.15) is 0 Å². The Bertz CT molecular complexity index is 3070. The second kappa shape index (κ2) is 14.3. The number of hydrogen-bond donors (Lipinski definition) is 0. The molecule has 0 N–H and O–H groups in total. The summed E-state index contributed by atoms with van der Waals surface area (Å²) in [4.78, 5) is 24.9. The minimum absolute atomic E-state index is 0.0488. The normalized spacial score (nSPS) is 11.7. The van der Waals surface area contributed by atoms with Crippen LogP contribution >= 0.6 is 0 Å². The Morgan fingerprint density at radius 3 is 1.67 bits per heavy atom. The van der Waals surface area contributed by atoms with Gasteiger partial charge in [0, 0.05) is 45.4 Å². The van der Waals surface area contributed by atoms with Crippen molar-refractivity contribution in [3.05, 3.63) is 188 Å². The Morgan fingerprint density at radius 2 is 0.983 bits per heavy atom. The molecule has 5 nitrogen and oxygen atoms in total. The van der Waals surface area contributed by atoms with Crippen molar-refractivity contribution in [2.45, 2.75) is 26.2 Å². The zero-order chi connectivity index (χ0) is 39.2. The van der Waals surface area contributed by atoms with Gasteiger partial charge in [0.25, 0.3) is 0 Å². The standard InChI is InChI=1S/C53H39N5/c1-53(2,3)42-24-21-34(22-25-42)39-30-40(32-41(31-39)52-57-50(35-13-6-4-7-14-35)56-51(58-52)36-15-8-5-9-16-36)37-23-26-43-38(29-37)17-12-19-46(43)49-47-33-54-28-27-44(47)45-18-10-11-20-48(45)55-49/h4-33H,1-3H3. The van der Waals surface area contributed by atoms with E-state index >= 15 is 0 Å². The van der Waals surface area contributed by atoms with E-state index in [1.54, 1.807) is 0 Å². The summed E-state index contributed by atoms with van der Waals surface area (Å²) in [7, 11) is 0. The molecule has 0 fully saturated rings. The van der Waals surface area contributed by atoms with Gasteiger partial charge >= 0.3 is 0 Å². The Hall–Kier alpha value is -7.37. The molecule has 0 unspecified atom stereocenters. The highest BCUT2D eigenvalue weighted by atomic mass is 15.0. The van der Waals surface area contributed by atoms with Gasteiger partial charge < -0.3 is 0 Å². The topological polar surface area (TPSA) is 64.5 Å². The van der Waals surface area contributed by atoms with Crippen molar-refractivity contribution in [1.82, 2.24) is 24.9 Å². The van der Waals surface area contributed by atoms with Crippen LogP contribution in [0.25, 0.3) is 100 Å². The fourth-order valence-electron chi connectivity index (χ4n) is 7.86. The molecule has 7 aromatic carbocycles. The van der Waals surface area contributed by atoms with Crippen molar-refractivity contribution in [2.75, 3.05) is 0 Å². The molecule has 0 spiro atoms. The maximum atomic E-state index is 5.21. The van der Waals surface area contributed by atoms with E-state index in [0.29, 0.717) is 17.5 Å². The molecule has 58 heavy (non-hydrogen) atoms. The number of nitrogens with zero attached hydrogens (tertiary/aromatic N) is 5. The predicted molar refractivity (Wildman–Crippen MR) is 239 cm³/mol. The average Bonchev–Trinajstić information content (AvgIpc) is 3.28. The molecule has 0 aliphatic carbocycles. The van der Waals surface area contributed by atoms with Crippen LogP contribution in [0.5, 0.6) is 0 Å². The van der Waals surface area contributed by atoms with Crippen LogP contribution in [-0.4, -0.2) is 24.9 Å². The van der Waals surface area contributed by atoms with E-state index in [0.717, 1.165) is 82.6 Å². The molecule has 0 saturated carbocycles. The van der Waals surface area contributed by atoms with Gasteiger partial charge in [-0.1, -0.05) is 154 Å². The van der Waals surface area contributed by atoms with Gasteiger partial charge in [0.1, 0.15) is 0 Å². The number of para-hydroxylation sites is 1. The summed E-state index contributed by atoms with van der Waals surface area (Å²) in [6.07, 6.45) is 3.79. The van der Waals surface area contributed by atoms with Crippen molar-refractivity contribution in [3.8, 4) is 67.7 Å². The fourth-order valence-corrected chi connectivity index (χ4v) is 7.86. The molecule has 10 aromatic rings. The lowest BCUT2D eigenvalue weighted by molar-refractivity contribution is 0.590. The van der Waals surface area contributed by atoms with Crippen LogP contribution in [-0.2, 0) is 5.41 Å². The summed E-state index contributed by atoms with van der Waals surface area (Å²) < 4.78 is 0. The molecule has 0 bridgehead atoms. The van der Waals surface area contributed by atoms with E-state index in [2.05, 4.69) is 129 Å². The number of fused-ring (bicyclic) bond motifs is 4. The zero-order valence-electron chi connectivity index (χ0n) is 32.6. The van der Waals surface area contributed by atoms with Gasteiger partial charge in [0.15, 0.2) is 17.5 Å². The molecule has 0 aliphatic rings. The lowest BCUT2D eigenvalue weighted by Crippen LogP contribution is -2.10. The van der Waals surface area contributed by atoms with Crippen molar-refractivity contribution in [1.29, 1.82) is 0 Å². The van der Waals surface area contributed by atoms with Crippen molar-refractivity contribution < 1.29 is 0 Å². The zero-order valence-corrected chi connectivity index (χ0v) is 32.6. The average molecular weight is 746 g/mol. The first kappa shape index (κ1) is 35.1. The molecule has 0 atom stereocenters. The summed E-state index contributed by atoms with van der Waals surface area (Å²) in [6.45, 7) is 6.74. The summed E-state index contributed by atoms with van der Waals surface area (Å²) in [5.74, 6) is 1.89. The third kappa shape index (κ3) is 6.57. The molecule has 0 saturated heterocycles. The second-order valence-corrected chi connectivity index (χ2v) is 15.8. The lowest BCUT2D eigenvalue weighted by Gasteiger charge is -2.19. The summed E-state index contributed by atoms with van der Waals surface area (Å²) >= 11 is 0. The maximum Gasteiger partial charge on any atom is 0.164 e. The smallest absolute Gasteiger partial charge is 0.164 e. The Kier molecular flexibility index (Phi) is 8.64. The van der Waals surface area contributed by atoms with E-state index in [9.17, 15) is 0 Å². The van der Waals surface area contributed by atoms with Gasteiger partial charge in [-0.3, -0.25) is 4.98 Å². The lowest BCUT2D eigenvalue weighted by atomic mass is 9.86. The van der Waals surface area contributed by atoms with E-state index in [4.69, 9.17) is 19.9 Å². The highest BCUT2D eigenvalue weighted by molar-refractivity contribution is 6.13. The van der Waals surface area contributed by atoms with Gasteiger partial charge in [0.2, 0.25) is 0 Å². The van der Waals surface area contributed by atoms with Crippen molar-refractivity contribution >= 4 is 32.4 Å². The first-order valence-electron chi connectivity index (χ1n) is 19.7. The number of benzene rings is 7. The molecule has 3 aromatic heterocycles. The van der Waals surface area contributed by atoms with E-state index in [1.807, 2.05) is 79.1 Å². The van der Waals surface area contributed by atoms with Gasteiger partial charge in [-0.15, -0.1) is 0 Å². The van der Waals surface area contributed by atoms with E-state index < -0.39 is 0 Å². The molecular weight excluding hydrogens is 707 g/mol. The highest BCUT2D eigenvalue weighted by Crippen LogP contribution is 2.39. The molecular formula is C53H39N5. The molecule has 0 amide bonds. The predicted octanol–water partition coefficient (Wildman–Crippen LogP) is 13.4. The summed E-state index contributed by atoms with van der Waals surface area (Å²) in [5.41, 5.74) is 11.5. The van der Waals surface area contributed by atoms with Crippen LogP contribution < -0.4 is 0 Å². The number of pyridine rings is 2. The Labute approximate surface area is 337 Å². The van der Waals surface area contributed by atoms with Gasteiger partial charge in [-0.25, -0.2) is 19.9 Å². The number of aromatic nitrogens is 5. The number of hydrogen-bond acceptors (Lipinski definition) is 5. The second-order valence-electron chi connectivity index (χ2n) is 15.8. The molecule has 276 valence electrons. The largest absolute Gasteiger partial charge is 0.264 e. The van der Waals surface area contributed by atoms with Gasteiger partial charge in [0.05, 0.1) is 11.2 Å². The minimum atomic E-state index is 0.0488. The van der Waals surface area contributed by atoms with Crippen molar-refractivity contribution in [2.24, 2.45) is 0 Å². The molecule has 3 heterocycles. The monoisotopic (exact) mass is 745 g/mol. The summed E-state index contributed by atoms with van der Waals surface area (Å²) in [6, 6.07) is 59.5. The third-order valence-electron chi connectivity index (χ3n) is 10.9. The van der Waals surface area contributed by atoms with E-state index in [-0.39, 0.29) is 5.41 Å². The Balaban J connectivity index is 1.15. The highest BCUT2D eigenvalue weighted by Gasteiger charge is 2.18. The molecule has 5 heteroatoms. The first-order chi connectivity index (χ1) is 28.4. The summed E-state index contributed by atoms with van der Waals surface area (Å²) in [5, 5.41) is 5.56. The SMILES string of the molecule is CC(C)(C)c1ccc(-c2cc(-c3ccc4c(-c5nc6ccccc6c6ccncc56)cccc4c3)cc(-c3nc(-c4ccccc4)nc(-c4ccccc4)n3)c2)cc1. The minimum Gasteiger partial charge on any atom is -0.264 e. The Morgan fingerprint density at radius 1 is 0.379 bits per heavy atom. The molecule has 0 aliphatic heterocycles. The van der Waals surface area contributed by atoms with E-state index in [1.165, 1.54) is 5.56 Å². The van der Waals surface area contributed by atoms with Crippen LogP contribution in [0, 0.1) is 0 Å². The maximum absolute atomic E-state index is 5.21. The van der Waals surface area contributed by atoms with Crippen LogP contribution in [0.3, 0.4) is 0 Å². The van der Waals surface area contributed by atoms with Gasteiger partial charge in [-0.05, 0) is 85.8 Å². The number of rotatable bonds is 6. The van der Waals surface area contributed by atoms with Crippen LogP contribution in [0.1, 0.15) is 26.3 Å². The first-order valence-corrected chi connectivity index (χ1v) is 19.7. The quantitative estimate of drug-likeness (QED) is 0.159. The van der Waals surface area contributed by atoms with Crippen LogP contribution in [0.15, 0.2) is 182 Å². The van der Waals surface area contributed by atoms with Crippen LogP contribution in [0.2, 0.25) is 0 Å². The van der Waals surface area contributed by atoms with Crippen LogP contribution in [0.4, 0.5) is 0 Å². The molecule has 0 radical (unpaired) electrons. The fraction of sp³-hybridized carbons (Fsp3) is 0.0755. The third-order valence-corrected chi connectivity index (χ3v) is 10.9. The van der Waals surface area contributed by atoms with Crippen molar-refractivity contribution in [3.63, 3.8) is 0 Å².